The summed E-state index contributed by atoms with van der Waals surface area (Å²) in [6.45, 7) is 0. The topological polar surface area (TPSA) is 40.9 Å². The minimum Gasteiger partial charge on any atom is -0.292 e. The van der Waals surface area contributed by atoms with Gasteiger partial charge >= 0.3 is 0 Å². The summed E-state index contributed by atoms with van der Waals surface area (Å²) in [5.74, 6) is -1.95. The number of hydrogen-bond acceptors (Lipinski definition) is 2. The van der Waals surface area contributed by atoms with Gasteiger partial charge in [-0.2, -0.15) is 5.26 Å². The van der Waals surface area contributed by atoms with Crippen molar-refractivity contribution < 1.29 is 9.18 Å². The lowest BCUT2D eigenvalue weighted by Crippen LogP contribution is -2.12. The maximum Gasteiger partial charge on any atom is 0.186 e. The number of carbonyl (C=O) groups excluding carboxylic acids is 1. The SMILES string of the molecule is N#CC(C(=O)c1cccc(Cl)c1Cl)c1ccc(F)cc1. The first-order chi connectivity index (χ1) is 9.54. The Balaban J connectivity index is 2.42. The highest BCUT2D eigenvalue weighted by Gasteiger charge is 2.24. The van der Waals surface area contributed by atoms with Gasteiger partial charge in [0.25, 0.3) is 0 Å². The Morgan fingerprint density at radius 2 is 1.80 bits per heavy atom. The van der Waals surface area contributed by atoms with Gasteiger partial charge in [0.15, 0.2) is 5.78 Å². The van der Waals surface area contributed by atoms with Crippen molar-refractivity contribution in [2.45, 2.75) is 5.92 Å². The fourth-order valence-electron chi connectivity index (χ4n) is 1.79. The van der Waals surface area contributed by atoms with Crippen LogP contribution in [0, 0.1) is 17.1 Å². The van der Waals surface area contributed by atoms with Crippen LogP contribution in [0.15, 0.2) is 42.5 Å². The number of Topliss-reactive ketones (excluding diaryl/α,β-unsaturated/α-hetero) is 1. The molecule has 0 saturated carbocycles. The molecule has 2 aromatic rings. The van der Waals surface area contributed by atoms with E-state index in [0.717, 1.165) is 0 Å². The van der Waals surface area contributed by atoms with E-state index in [1.165, 1.54) is 30.3 Å². The van der Waals surface area contributed by atoms with Gasteiger partial charge < -0.3 is 0 Å². The first-order valence-corrected chi connectivity index (χ1v) is 6.43. The summed E-state index contributed by atoms with van der Waals surface area (Å²) in [5.41, 5.74) is 0.588. The van der Waals surface area contributed by atoms with E-state index < -0.39 is 17.5 Å². The molecule has 0 heterocycles. The van der Waals surface area contributed by atoms with E-state index in [9.17, 15) is 14.4 Å². The normalized spacial score (nSPS) is 11.7. The summed E-state index contributed by atoms with van der Waals surface area (Å²) in [7, 11) is 0. The number of ketones is 1. The van der Waals surface area contributed by atoms with Gasteiger partial charge in [0.05, 0.1) is 16.1 Å². The molecule has 0 radical (unpaired) electrons. The molecule has 5 heteroatoms. The molecular formula is C15H8Cl2FNO. The van der Waals surface area contributed by atoms with Crippen LogP contribution >= 0.6 is 23.2 Å². The van der Waals surface area contributed by atoms with E-state index in [0.29, 0.717) is 5.56 Å². The highest BCUT2D eigenvalue weighted by molar-refractivity contribution is 6.44. The Bertz CT molecular complexity index is 692. The maximum atomic E-state index is 12.9. The van der Waals surface area contributed by atoms with Gasteiger partial charge in [-0.3, -0.25) is 4.79 Å². The van der Waals surface area contributed by atoms with Crippen molar-refractivity contribution in [2.24, 2.45) is 0 Å². The monoisotopic (exact) mass is 307 g/mol. The Hall–Kier alpha value is -1.89. The lowest BCUT2D eigenvalue weighted by molar-refractivity contribution is 0.0979. The first kappa shape index (κ1) is 14.5. The van der Waals surface area contributed by atoms with Gasteiger partial charge in [0, 0.05) is 5.56 Å². The van der Waals surface area contributed by atoms with Crippen molar-refractivity contribution in [3.63, 3.8) is 0 Å². The largest absolute Gasteiger partial charge is 0.292 e. The van der Waals surface area contributed by atoms with E-state index in [4.69, 9.17) is 23.2 Å². The van der Waals surface area contributed by atoms with E-state index >= 15 is 0 Å². The van der Waals surface area contributed by atoms with Gasteiger partial charge in [0.1, 0.15) is 11.7 Å². The van der Waals surface area contributed by atoms with Crippen LogP contribution in [-0.2, 0) is 0 Å². The van der Waals surface area contributed by atoms with Crippen molar-refractivity contribution in [3.8, 4) is 6.07 Å². The average molecular weight is 308 g/mol. The van der Waals surface area contributed by atoms with Crippen molar-refractivity contribution >= 4 is 29.0 Å². The summed E-state index contributed by atoms with van der Waals surface area (Å²) in [6.07, 6.45) is 0. The lowest BCUT2D eigenvalue weighted by Gasteiger charge is -2.10. The summed E-state index contributed by atoms with van der Waals surface area (Å²) in [4.78, 5) is 12.4. The second-order valence-electron chi connectivity index (χ2n) is 4.08. The predicted octanol–water partition coefficient (Wildman–Crippen LogP) is 4.62. The summed E-state index contributed by atoms with van der Waals surface area (Å²) >= 11 is 11.8. The molecule has 0 bridgehead atoms. The molecule has 2 nitrogen and oxygen atoms in total. The Kier molecular flexibility index (Phi) is 4.39. The number of nitrogens with zero attached hydrogens (tertiary/aromatic N) is 1. The highest BCUT2D eigenvalue weighted by Crippen LogP contribution is 2.30. The standard InChI is InChI=1S/C15H8Cl2FNO/c16-13-3-1-2-11(14(13)17)15(20)12(8-19)9-4-6-10(18)7-5-9/h1-7,12H. The molecule has 2 aromatic carbocycles. The van der Waals surface area contributed by atoms with Crippen LogP contribution in [-0.4, -0.2) is 5.78 Å². The zero-order chi connectivity index (χ0) is 14.7. The quantitative estimate of drug-likeness (QED) is 0.776. The number of hydrogen-bond donors (Lipinski definition) is 0. The molecule has 2 rings (SSSR count). The highest BCUT2D eigenvalue weighted by atomic mass is 35.5. The van der Waals surface area contributed by atoms with Crippen LogP contribution in [0.1, 0.15) is 21.8 Å². The number of halogens is 3. The van der Waals surface area contributed by atoms with Gasteiger partial charge in [-0.05, 0) is 29.8 Å². The van der Waals surface area contributed by atoms with Gasteiger partial charge in [-0.25, -0.2) is 4.39 Å². The molecule has 0 aliphatic heterocycles. The smallest absolute Gasteiger partial charge is 0.186 e. The second kappa shape index (κ2) is 6.04. The van der Waals surface area contributed by atoms with E-state index in [2.05, 4.69) is 0 Å². The molecule has 1 unspecified atom stereocenters. The molecule has 0 aliphatic rings. The molecule has 100 valence electrons. The molecule has 0 aliphatic carbocycles. The predicted molar refractivity (Wildman–Crippen MR) is 75.5 cm³/mol. The van der Waals surface area contributed by atoms with E-state index in [1.807, 2.05) is 6.07 Å². The molecule has 0 N–H and O–H groups in total. The third-order valence-electron chi connectivity index (χ3n) is 2.81. The summed E-state index contributed by atoms with van der Waals surface area (Å²) < 4.78 is 12.9. The molecule has 20 heavy (non-hydrogen) atoms. The molecular weight excluding hydrogens is 300 g/mol. The third-order valence-corrected chi connectivity index (χ3v) is 3.63. The van der Waals surface area contributed by atoms with Crippen molar-refractivity contribution in [2.75, 3.05) is 0 Å². The fourth-order valence-corrected chi connectivity index (χ4v) is 2.18. The van der Waals surface area contributed by atoms with Crippen LogP contribution < -0.4 is 0 Å². The molecule has 1 atom stereocenters. The number of rotatable bonds is 3. The third kappa shape index (κ3) is 2.82. The Morgan fingerprint density at radius 1 is 1.15 bits per heavy atom. The number of carbonyl (C=O) groups is 1. The van der Waals surface area contributed by atoms with Crippen LogP contribution in [0.4, 0.5) is 4.39 Å². The van der Waals surface area contributed by atoms with Crippen molar-refractivity contribution in [1.82, 2.24) is 0 Å². The molecule has 0 aromatic heterocycles. The fraction of sp³-hybridized carbons (Fsp3) is 0.0667. The Labute approximate surface area is 125 Å². The van der Waals surface area contributed by atoms with E-state index in [1.54, 1.807) is 12.1 Å². The minimum atomic E-state index is -1.05. The maximum absolute atomic E-state index is 12.9. The number of benzene rings is 2. The summed E-state index contributed by atoms with van der Waals surface area (Å²) in [5, 5.41) is 9.56. The molecule has 0 saturated heterocycles. The van der Waals surface area contributed by atoms with Gasteiger partial charge in [-0.1, -0.05) is 41.4 Å². The first-order valence-electron chi connectivity index (χ1n) is 5.68. The minimum absolute atomic E-state index is 0.113. The Morgan fingerprint density at radius 3 is 2.40 bits per heavy atom. The van der Waals surface area contributed by atoms with Gasteiger partial charge in [0.2, 0.25) is 0 Å². The van der Waals surface area contributed by atoms with Crippen LogP contribution in [0.25, 0.3) is 0 Å². The summed E-state index contributed by atoms with van der Waals surface area (Å²) in [6, 6.07) is 11.8. The van der Waals surface area contributed by atoms with Crippen molar-refractivity contribution in [1.29, 1.82) is 5.26 Å². The zero-order valence-electron chi connectivity index (χ0n) is 10.1. The average Bonchev–Trinajstić information content (AvgIpc) is 2.44. The molecule has 0 spiro atoms. The van der Waals surface area contributed by atoms with Gasteiger partial charge in [-0.15, -0.1) is 0 Å². The molecule has 0 amide bonds. The van der Waals surface area contributed by atoms with Crippen LogP contribution in [0.2, 0.25) is 10.0 Å². The molecule has 0 fully saturated rings. The van der Waals surface area contributed by atoms with E-state index in [-0.39, 0.29) is 15.6 Å². The van der Waals surface area contributed by atoms with Crippen LogP contribution in [0.3, 0.4) is 0 Å². The number of nitriles is 1. The second-order valence-corrected chi connectivity index (χ2v) is 4.86. The van der Waals surface area contributed by atoms with Crippen molar-refractivity contribution in [3.05, 3.63) is 69.5 Å². The zero-order valence-corrected chi connectivity index (χ0v) is 11.6. The van der Waals surface area contributed by atoms with Crippen LogP contribution in [0.5, 0.6) is 0 Å². The lowest BCUT2D eigenvalue weighted by atomic mass is 9.92.